The highest BCUT2D eigenvalue weighted by molar-refractivity contribution is 9.10. The largest absolute Gasteiger partial charge is 0.466 e. The summed E-state index contributed by atoms with van der Waals surface area (Å²) in [5.41, 5.74) is 1.03. The Bertz CT molecular complexity index is 1120. The second-order valence-corrected chi connectivity index (χ2v) is 7.98. The summed E-state index contributed by atoms with van der Waals surface area (Å²) in [6.07, 6.45) is 0. The Kier molecular flexibility index (Phi) is 5.31. The van der Waals surface area contributed by atoms with Gasteiger partial charge in [0.15, 0.2) is 0 Å². The number of fused-ring (bicyclic) bond motifs is 1. The lowest BCUT2D eigenvalue weighted by Crippen LogP contribution is -2.43. The molecule has 0 N–H and O–H groups in total. The molecule has 3 aromatic rings. The monoisotopic (exact) mass is 462 g/mol. The first-order chi connectivity index (χ1) is 14.5. The van der Waals surface area contributed by atoms with Crippen LogP contribution in [-0.4, -0.2) is 19.0 Å². The fraction of sp³-hybridized carbons (Fsp3) is 0.120. The average molecular weight is 463 g/mol. The van der Waals surface area contributed by atoms with Crippen LogP contribution in [-0.2, 0) is 19.7 Å². The molecule has 150 valence electrons. The van der Waals surface area contributed by atoms with E-state index in [1.807, 2.05) is 72.8 Å². The van der Waals surface area contributed by atoms with E-state index in [4.69, 9.17) is 9.47 Å². The van der Waals surface area contributed by atoms with Crippen molar-refractivity contribution in [3.63, 3.8) is 0 Å². The number of hydrogen-bond donors (Lipinski definition) is 0. The van der Waals surface area contributed by atoms with Crippen LogP contribution in [0.5, 0.6) is 5.75 Å². The molecule has 0 bridgehead atoms. The Balaban J connectivity index is 2.10. The highest BCUT2D eigenvalue weighted by Crippen LogP contribution is 2.55. The molecule has 0 saturated heterocycles. The van der Waals surface area contributed by atoms with Crippen molar-refractivity contribution in [2.75, 3.05) is 7.11 Å². The van der Waals surface area contributed by atoms with E-state index >= 15 is 0 Å². The first-order valence-electron chi connectivity index (χ1n) is 9.40. The molecule has 1 aliphatic heterocycles. The van der Waals surface area contributed by atoms with Crippen LogP contribution in [0.2, 0.25) is 0 Å². The third kappa shape index (κ3) is 3.06. The topological polar surface area (TPSA) is 52.6 Å². The second kappa shape index (κ2) is 7.92. The molecule has 4 rings (SSSR count). The lowest BCUT2D eigenvalue weighted by atomic mass is 9.62. The number of carbonyl (C=O) groups is 2. The number of methoxy groups -OCH3 is 1. The van der Waals surface area contributed by atoms with Crippen LogP contribution < -0.4 is 4.74 Å². The standard InChI is InChI=1S/C25H19BrO4/c1-16(23(27)29-2)22(17-9-5-3-6-10-17)25(18-11-7-4-8-12-18)20-15-19(26)13-14-21(20)30-24(25)28/h3-15,22H,1H2,2H3/t22-,25-/m0/s1. The zero-order valence-corrected chi connectivity index (χ0v) is 17.9. The van der Waals surface area contributed by atoms with E-state index < -0.39 is 23.3 Å². The van der Waals surface area contributed by atoms with Crippen molar-refractivity contribution in [1.29, 1.82) is 0 Å². The van der Waals surface area contributed by atoms with Crippen LogP contribution in [0.15, 0.2) is 95.5 Å². The Morgan fingerprint density at radius 2 is 1.67 bits per heavy atom. The number of hydrogen-bond acceptors (Lipinski definition) is 4. The Hall–Kier alpha value is -3.18. The van der Waals surface area contributed by atoms with Gasteiger partial charge in [-0.15, -0.1) is 0 Å². The van der Waals surface area contributed by atoms with Crippen LogP contribution in [0.25, 0.3) is 0 Å². The predicted molar refractivity (Wildman–Crippen MR) is 117 cm³/mol. The van der Waals surface area contributed by atoms with E-state index in [9.17, 15) is 9.59 Å². The van der Waals surface area contributed by atoms with Crippen molar-refractivity contribution in [3.05, 3.63) is 112 Å². The van der Waals surface area contributed by atoms with Crippen molar-refractivity contribution in [2.45, 2.75) is 11.3 Å². The van der Waals surface area contributed by atoms with Gasteiger partial charge in [-0.2, -0.15) is 0 Å². The summed E-state index contributed by atoms with van der Waals surface area (Å²) < 4.78 is 11.5. The quantitative estimate of drug-likeness (QED) is 0.298. The van der Waals surface area contributed by atoms with Gasteiger partial charge in [-0.1, -0.05) is 83.2 Å². The zero-order valence-electron chi connectivity index (χ0n) is 16.3. The first kappa shape index (κ1) is 20.1. The Morgan fingerprint density at radius 1 is 1.03 bits per heavy atom. The summed E-state index contributed by atoms with van der Waals surface area (Å²) in [5, 5.41) is 0. The summed E-state index contributed by atoms with van der Waals surface area (Å²) in [5.74, 6) is -1.29. The van der Waals surface area contributed by atoms with E-state index in [1.54, 1.807) is 6.07 Å². The minimum Gasteiger partial charge on any atom is -0.466 e. The summed E-state index contributed by atoms with van der Waals surface area (Å²) in [4.78, 5) is 26.3. The highest BCUT2D eigenvalue weighted by Gasteiger charge is 2.58. The van der Waals surface area contributed by atoms with Gasteiger partial charge in [0.25, 0.3) is 0 Å². The number of ether oxygens (including phenoxy) is 2. The minimum absolute atomic E-state index is 0.178. The Labute approximate surface area is 183 Å². The molecule has 30 heavy (non-hydrogen) atoms. The maximum atomic E-state index is 13.7. The van der Waals surface area contributed by atoms with Crippen LogP contribution in [0.4, 0.5) is 0 Å². The van der Waals surface area contributed by atoms with Gasteiger partial charge in [-0.05, 0) is 29.3 Å². The molecule has 0 saturated carbocycles. The molecule has 2 atom stereocenters. The van der Waals surface area contributed by atoms with Gasteiger partial charge in [-0.3, -0.25) is 4.79 Å². The van der Waals surface area contributed by atoms with E-state index in [0.717, 1.165) is 10.0 Å². The number of halogens is 1. The van der Waals surface area contributed by atoms with Gasteiger partial charge < -0.3 is 9.47 Å². The number of esters is 2. The number of carbonyl (C=O) groups excluding carboxylic acids is 2. The molecule has 0 radical (unpaired) electrons. The fourth-order valence-electron chi connectivity index (χ4n) is 4.21. The zero-order chi connectivity index (χ0) is 21.3. The van der Waals surface area contributed by atoms with Gasteiger partial charge in [0.1, 0.15) is 11.2 Å². The normalized spacial score (nSPS) is 18.3. The van der Waals surface area contributed by atoms with Crippen molar-refractivity contribution < 1.29 is 19.1 Å². The van der Waals surface area contributed by atoms with Crippen LogP contribution in [0.3, 0.4) is 0 Å². The van der Waals surface area contributed by atoms with Gasteiger partial charge >= 0.3 is 11.9 Å². The summed E-state index contributed by atoms with van der Waals surface area (Å²) in [6, 6.07) is 24.2. The molecule has 0 unspecified atom stereocenters. The summed E-state index contributed by atoms with van der Waals surface area (Å²) >= 11 is 3.51. The molecule has 1 heterocycles. The van der Waals surface area contributed by atoms with E-state index in [2.05, 4.69) is 22.5 Å². The number of rotatable bonds is 5. The van der Waals surface area contributed by atoms with Crippen molar-refractivity contribution in [2.24, 2.45) is 0 Å². The van der Waals surface area contributed by atoms with E-state index in [1.165, 1.54) is 7.11 Å². The highest BCUT2D eigenvalue weighted by atomic mass is 79.9. The van der Waals surface area contributed by atoms with Gasteiger partial charge in [0.2, 0.25) is 0 Å². The Morgan fingerprint density at radius 3 is 2.30 bits per heavy atom. The molecule has 5 heteroatoms. The predicted octanol–water partition coefficient (Wildman–Crippen LogP) is 5.17. The first-order valence-corrected chi connectivity index (χ1v) is 10.2. The van der Waals surface area contributed by atoms with Crippen LogP contribution >= 0.6 is 15.9 Å². The van der Waals surface area contributed by atoms with Gasteiger partial charge in [0, 0.05) is 21.5 Å². The maximum Gasteiger partial charge on any atom is 0.333 e. The molecule has 4 nitrogen and oxygen atoms in total. The average Bonchev–Trinajstić information content (AvgIpc) is 3.06. The lowest BCUT2D eigenvalue weighted by molar-refractivity contribution is -0.138. The van der Waals surface area contributed by atoms with Crippen LogP contribution in [0.1, 0.15) is 22.6 Å². The molecule has 1 aliphatic rings. The van der Waals surface area contributed by atoms with Gasteiger partial charge in [0.05, 0.1) is 7.11 Å². The SMILES string of the molecule is C=C(C(=O)OC)[C@@H](c1ccccc1)[C@@]1(c2ccccc2)C(=O)Oc2ccc(Br)cc21. The lowest BCUT2D eigenvalue weighted by Gasteiger charge is -2.36. The van der Waals surface area contributed by atoms with Gasteiger partial charge in [-0.25, -0.2) is 4.79 Å². The van der Waals surface area contributed by atoms with Crippen molar-refractivity contribution >= 4 is 27.9 Å². The summed E-state index contributed by atoms with van der Waals surface area (Å²) in [6.45, 7) is 4.05. The molecule has 0 spiro atoms. The molecule has 0 aromatic heterocycles. The van der Waals surface area contributed by atoms with Crippen LogP contribution in [0, 0.1) is 0 Å². The molecule has 0 aliphatic carbocycles. The molecular formula is C25H19BrO4. The van der Waals surface area contributed by atoms with E-state index in [-0.39, 0.29) is 5.57 Å². The third-order valence-corrected chi connectivity index (χ3v) is 5.98. The molecule has 0 fully saturated rings. The maximum absolute atomic E-state index is 13.7. The smallest absolute Gasteiger partial charge is 0.333 e. The van der Waals surface area contributed by atoms with Crippen molar-refractivity contribution in [1.82, 2.24) is 0 Å². The minimum atomic E-state index is -1.30. The second-order valence-electron chi connectivity index (χ2n) is 7.06. The fourth-order valence-corrected chi connectivity index (χ4v) is 4.57. The molecule has 0 amide bonds. The molecule has 3 aromatic carbocycles. The van der Waals surface area contributed by atoms with E-state index in [0.29, 0.717) is 16.9 Å². The number of benzene rings is 3. The molecular weight excluding hydrogens is 444 g/mol. The van der Waals surface area contributed by atoms with Crippen molar-refractivity contribution in [3.8, 4) is 5.75 Å². The summed E-state index contributed by atoms with van der Waals surface area (Å²) in [7, 11) is 1.31. The third-order valence-electron chi connectivity index (χ3n) is 5.48.